The first-order valence-corrected chi connectivity index (χ1v) is 8.35. The molecule has 2 rings (SSSR count). The Morgan fingerprint density at radius 3 is 2.80 bits per heavy atom. The normalized spacial score (nSPS) is 12.5. The van der Waals surface area contributed by atoms with Gasteiger partial charge in [0.1, 0.15) is 0 Å². The van der Waals surface area contributed by atoms with Gasteiger partial charge in [0.2, 0.25) is 0 Å². The van der Waals surface area contributed by atoms with Crippen molar-refractivity contribution in [3.63, 3.8) is 0 Å². The first kappa shape index (κ1) is 15.1. The van der Waals surface area contributed by atoms with Gasteiger partial charge in [-0.1, -0.05) is 37.3 Å². The minimum Gasteiger partial charge on any atom is -0.313 e. The van der Waals surface area contributed by atoms with Crippen molar-refractivity contribution in [3.05, 3.63) is 53.9 Å². The van der Waals surface area contributed by atoms with Crippen molar-refractivity contribution >= 4 is 11.8 Å². The van der Waals surface area contributed by atoms with Crippen LogP contribution in [0.3, 0.4) is 0 Å². The molecule has 2 aromatic rings. The second-order valence-corrected chi connectivity index (χ2v) is 6.32. The summed E-state index contributed by atoms with van der Waals surface area (Å²) in [6.45, 7) is 5.07. The van der Waals surface area contributed by atoms with Crippen molar-refractivity contribution < 1.29 is 0 Å². The van der Waals surface area contributed by atoms with Crippen LogP contribution in [0.2, 0.25) is 0 Å². The number of rotatable bonds is 8. The Morgan fingerprint density at radius 2 is 2.05 bits per heavy atom. The van der Waals surface area contributed by atoms with Gasteiger partial charge in [-0.3, -0.25) is 4.68 Å². The maximum Gasteiger partial charge on any atom is 0.0659 e. The largest absolute Gasteiger partial charge is 0.313 e. The van der Waals surface area contributed by atoms with E-state index < -0.39 is 0 Å². The Balaban J connectivity index is 1.75. The monoisotopic (exact) mass is 289 g/mol. The summed E-state index contributed by atoms with van der Waals surface area (Å²) < 4.78 is 2.00. The summed E-state index contributed by atoms with van der Waals surface area (Å²) in [4.78, 5) is 0. The predicted octanol–water partition coefficient (Wildman–Crippen LogP) is 3.16. The van der Waals surface area contributed by atoms with Gasteiger partial charge in [0.15, 0.2) is 0 Å². The van der Waals surface area contributed by atoms with Crippen LogP contribution in [0.25, 0.3) is 0 Å². The lowest BCUT2D eigenvalue weighted by molar-refractivity contribution is 0.646. The van der Waals surface area contributed by atoms with E-state index in [1.54, 1.807) is 0 Å². The molecular formula is C16H23N3S. The van der Waals surface area contributed by atoms with Crippen molar-refractivity contribution in [3.8, 4) is 0 Å². The van der Waals surface area contributed by atoms with Crippen molar-refractivity contribution in [1.29, 1.82) is 0 Å². The molecule has 0 radical (unpaired) electrons. The molecule has 0 aliphatic carbocycles. The lowest BCUT2D eigenvalue weighted by Gasteiger charge is -2.08. The zero-order valence-corrected chi connectivity index (χ0v) is 13.1. The van der Waals surface area contributed by atoms with Gasteiger partial charge >= 0.3 is 0 Å². The standard InChI is InChI=1S/C16H23N3S/c1-14(20-2)8-9-17-10-16-11-18-19(13-16)12-15-6-4-3-5-7-15/h3-7,11,13-14,17H,8-10,12H2,1-2H3. The molecule has 0 amide bonds. The Morgan fingerprint density at radius 1 is 1.25 bits per heavy atom. The van der Waals surface area contributed by atoms with Crippen molar-refractivity contribution in [2.75, 3.05) is 12.8 Å². The lowest BCUT2D eigenvalue weighted by Crippen LogP contribution is -2.17. The maximum atomic E-state index is 4.41. The third-order valence-corrected chi connectivity index (χ3v) is 4.37. The van der Waals surface area contributed by atoms with Crippen LogP contribution in [0.1, 0.15) is 24.5 Å². The predicted molar refractivity (Wildman–Crippen MR) is 87.1 cm³/mol. The van der Waals surface area contributed by atoms with E-state index in [0.717, 1.165) is 24.9 Å². The molecule has 0 spiro atoms. The third kappa shape index (κ3) is 5.02. The molecule has 0 fully saturated rings. The Hall–Kier alpha value is -1.26. The van der Waals surface area contributed by atoms with E-state index in [1.165, 1.54) is 17.5 Å². The zero-order valence-electron chi connectivity index (χ0n) is 12.2. The highest BCUT2D eigenvalue weighted by Gasteiger charge is 2.01. The van der Waals surface area contributed by atoms with E-state index in [2.05, 4.69) is 54.1 Å². The van der Waals surface area contributed by atoms with E-state index in [0.29, 0.717) is 0 Å². The van der Waals surface area contributed by atoms with Crippen LogP contribution in [-0.2, 0) is 13.1 Å². The lowest BCUT2D eigenvalue weighted by atomic mass is 10.2. The van der Waals surface area contributed by atoms with Gasteiger partial charge in [0.05, 0.1) is 12.7 Å². The van der Waals surface area contributed by atoms with E-state index in [4.69, 9.17) is 0 Å². The fraction of sp³-hybridized carbons (Fsp3) is 0.438. The maximum absolute atomic E-state index is 4.41. The number of aromatic nitrogens is 2. The third-order valence-electron chi connectivity index (χ3n) is 3.33. The van der Waals surface area contributed by atoms with Gasteiger partial charge < -0.3 is 5.32 Å². The van der Waals surface area contributed by atoms with Crippen LogP contribution >= 0.6 is 11.8 Å². The molecule has 20 heavy (non-hydrogen) atoms. The minimum absolute atomic E-state index is 0.725. The molecule has 3 nitrogen and oxygen atoms in total. The zero-order chi connectivity index (χ0) is 14.2. The second kappa shape index (κ2) is 8.12. The molecule has 1 N–H and O–H groups in total. The highest BCUT2D eigenvalue weighted by atomic mass is 32.2. The molecule has 1 atom stereocenters. The molecule has 0 bridgehead atoms. The molecule has 1 heterocycles. The second-order valence-electron chi connectivity index (χ2n) is 5.04. The van der Waals surface area contributed by atoms with Gasteiger partial charge in [0, 0.05) is 23.6 Å². The highest BCUT2D eigenvalue weighted by molar-refractivity contribution is 7.99. The molecular weight excluding hydrogens is 266 g/mol. The molecule has 0 saturated heterocycles. The first-order chi connectivity index (χ1) is 9.78. The molecule has 4 heteroatoms. The van der Waals surface area contributed by atoms with Crippen molar-refractivity contribution in [1.82, 2.24) is 15.1 Å². The number of nitrogens with one attached hydrogen (secondary N) is 1. The van der Waals surface area contributed by atoms with Crippen molar-refractivity contribution in [2.45, 2.75) is 31.7 Å². The van der Waals surface area contributed by atoms with Crippen LogP contribution in [0.4, 0.5) is 0 Å². The van der Waals surface area contributed by atoms with Gasteiger partial charge in [-0.25, -0.2) is 0 Å². The topological polar surface area (TPSA) is 29.9 Å². The van der Waals surface area contributed by atoms with Crippen LogP contribution < -0.4 is 5.32 Å². The summed E-state index contributed by atoms with van der Waals surface area (Å²) in [5.41, 5.74) is 2.53. The van der Waals surface area contributed by atoms with E-state index in [1.807, 2.05) is 28.7 Å². The van der Waals surface area contributed by atoms with Crippen molar-refractivity contribution in [2.24, 2.45) is 0 Å². The summed E-state index contributed by atoms with van der Waals surface area (Å²) >= 11 is 1.92. The van der Waals surface area contributed by atoms with Crippen LogP contribution in [0.5, 0.6) is 0 Å². The van der Waals surface area contributed by atoms with Crippen LogP contribution in [0.15, 0.2) is 42.7 Å². The van der Waals surface area contributed by atoms with E-state index in [-0.39, 0.29) is 0 Å². The fourth-order valence-corrected chi connectivity index (χ4v) is 2.36. The number of nitrogens with zero attached hydrogens (tertiary/aromatic N) is 2. The molecule has 1 aromatic carbocycles. The summed E-state index contributed by atoms with van der Waals surface area (Å²) in [6, 6.07) is 10.4. The molecule has 108 valence electrons. The first-order valence-electron chi connectivity index (χ1n) is 7.06. The van der Waals surface area contributed by atoms with Crippen LogP contribution in [-0.4, -0.2) is 27.8 Å². The minimum atomic E-state index is 0.725. The molecule has 0 saturated carbocycles. The summed E-state index contributed by atoms with van der Waals surface area (Å²) in [6.07, 6.45) is 7.45. The number of hydrogen-bond donors (Lipinski definition) is 1. The fourth-order valence-electron chi connectivity index (χ4n) is 2.01. The van der Waals surface area contributed by atoms with Gasteiger partial charge in [0.25, 0.3) is 0 Å². The van der Waals surface area contributed by atoms with E-state index in [9.17, 15) is 0 Å². The number of benzene rings is 1. The van der Waals surface area contributed by atoms with Gasteiger partial charge in [-0.15, -0.1) is 0 Å². The van der Waals surface area contributed by atoms with Crippen LogP contribution in [0, 0.1) is 0 Å². The summed E-state index contributed by atoms with van der Waals surface area (Å²) in [5, 5.41) is 8.62. The molecule has 1 unspecified atom stereocenters. The van der Waals surface area contributed by atoms with E-state index >= 15 is 0 Å². The smallest absolute Gasteiger partial charge is 0.0659 e. The molecule has 0 aliphatic rings. The van der Waals surface area contributed by atoms with Gasteiger partial charge in [-0.05, 0) is 24.8 Å². The average molecular weight is 289 g/mol. The van der Waals surface area contributed by atoms with Gasteiger partial charge in [-0.2, -0.15) is 16.9 Å². The highest BCUT2D eigenvalue weighted by Crippen LogP contribution is 2.08. The molecule has 0 aliphatic heterocycles. The SMILES string of the molecule is CSC(C)CCNCc1cnn(Cc2ccccc2)c1. The average Bonchev–Trinajstić information content (AvgIpc) is 2.92. The quantitative estimate of drug-likeness (QED) is 0.757. The Kier molecular flexibility index (Phi) is 6.15. The number of thioether (sulfide) groups is 1. The Labute approximate surface area is 125 Å². The summed E-state index contributed by atoms with van der Waals surface area (Å²) in [7, 11) is 0. The number of hydrogen-bond acceptors (Lipinski definition) is 3. The Bertz CT molecular complexity index is 495. The molecule has 1 aromatic heterocycles. The summed E-state index contributed by atoms with van der Waals surface area (Å²) in [5.74, 6) is 0.